The number of carboxylic acids is 1. The molecule has 176 valence electrons. The van der Waals surface area contributed by atoms with Crippen LogP contribution in [0.4, 0.5) is 14.9 Å². The third-order valence-electron chi connectivity index (χ3n) is 6.65. The van der Waals surface area contributed by atoms with E-state index >= 15 is 4.39 Å². The third-order valence-corrected chi connectivity index (χ3v) is 6.65. The van der Waals surface area contributed by atoms with Gasteiger partial charge < -0.3 is 24.6 Å². The fourth-order valence-corrected chi connectivity index (χ4v) is 4.89. The molecule has 0 radical (unpaired) electrons. The molecular weight excluding hydrogens is 441 g/mol. The summed E-state index contributed by atoms with van der Waals surface area (Å²) in [5.74, 6) is -2.01. The first-order valence-electron chi connectivity index (χ1n) is 11.1. The summed E-state index contributed by atoms with van der Waals surface area (Å²) >= 11 is 0. The Morgan fingerprint density at radius 2 is 1.97 bits per heavy atom. The van der Waals surface area contributed by atoms with Crippen LogP contribution < -0.4 is 15.6 Å². The summed E-state index contributed by atoms with van der Waals surface area (Å²) < 4.78 is 22.7. The van der Waals surface area contributed by atoms with Crippen LogP contribution in [0.25, 0.3) is 10.9 Å². The van der Waals surface area contributed by atoms with Crippen LogP contribution in [-0.4, -0.2) is 35.3 Å². The van der Waals surface area contributed by atoms with Crippen molar-refractivity contribution in [1.29, 1.82) is 0 Å². The Balaban J connectivity index is 1.58. The van der Waals surface area contributed by atoms with Crippen LogP contribution in [0, 0.1) is 5.82 Å². The van der Waals surface area contributed by atoms with Gasteiger partial charge in [-0.25, -0.2) is 14.0 Å². The van der Waals surface area contributed by atoms with Gasteiger partial charge in [0.05, 0.1) is 22.1 Å². The monoisotopic (exact) mass is 465 g/mol. The number of anilines is 1. The SMILES string of the molecule is CC1CN(C)c2c(C3(NC(=O)OCc4ccccc4)CC3)c(F)cc3c(=O)c(C(=O)O)cn1c23. The third kappa shape index (κ3) is 3.48. The Morgan fingerprint density at radius 3 is 2.62 bits per heavy atom. The summed E-state index contributed by atoms with van der Waals surface area (Å²) in [6.45, 7) is 2.48. The first kappa shape index (κ1) is 21.9. The minimum Gasteiger partial charge on any atom is -0.477 e. The van der Waals surface area contributed by atoms with Crippen LogP contribution in [0.2, 0.25) is 0 Å². The molecule has 1 aliphatic carbocycles. The van der Waals surface area contributed by atoms with Gasteiger partial charge in [-0.2, -0.15) is 0 Å². The van der Waals surface area contributed by atoms with Gasteiger partial charge in [0.1, 0.15) is 18.0 Å². The zero-order valence-electron chi connectivity index (χ0n) is 18.8. The predicted octanol–water partition coefficient (Wildman–Crippen LogP) is 3.77. The summed E-state index contributed by atoms with van der Waals surface area (Å²) in [5.41, 5.74) is 0.00614. The largest absolute Gasteiger partial charge is 0.477 e. The normalized spacial score (nSPS) is 18.0. The number of pyridine rings is 1. The van der Waals surface area contributed by atoms with Crippen molar-refractivity contribution in [3.8, 4) is 0 Å². The number of benzene rings is 2. The van der Waals surface area contributed by atoms with Crippen molar-refractivity contribution in [2.75, 3.05) is 18.5 Å². The molecule has 2 heterocycles. The van der Waals surface area contributed by atoms with Crippen molar-refractivity contribution in [2.24, 2.45) is 0 Å². The number of carbonyl (C=O) groups excluding carboxylic acids is 1. The highest BCUT2D eigenvalue weighted by atomic mass is 19.1. The highest BCUT2D eigenvalue weighted by molar-refractivity contribution is 5.99. The number of hydrogen-bond acceptors (Lipinski definition) is 5. The molecule has 9 heteroatoms. The van der Waals surface area contributed by atoms with Crippen molar-refractivity contribution in [3.05, 3.63) is 75.3 Å². The Kier molecular flexibility index (Phi) is 5.07. The summed E-state index contributed by atoms with van der Waals surface area (Å²) in [6, 6.07) is 10.2. The number of alkyl carbamates (subject to hydrolysis) is 1. The molecule has 34 heavy (non-hydrogen) atoms. The standard InChI is InChI=1S/C25H24FN3O5/c1-14-11-28(2)21-19(18(26)10-16-20(21)29(14)12-17(22(16)30)23(31)32)25(8-9-25)27-24(33)34-13-15-6-4-3-5-7-15/h3-7,10,12,14H,8-9,11,13H2,1-2H3,(H,27,33)(H,31,32). The van der Waals surface area contributed by atoms with E-state index in [2.05, 4.69) is 5.32 Å². The highest BCUT2D eigenvalue weighted by Crippen LogP contribution is 2.52. The lowest BCUT2D eigenvalue weighted by molar-refractivity contribution is 0.0694. The molecule has 1 fully saturated rings. The molecule has 0 saturated heterocycles. The van der Waals surface area contributed by atoms with Crippen molar-refractivity contribution in [2.45, 2.75) is 38.0 Å². The molecule has 5 rings (SSSR count). The number of likely N-dealkylation sites (N-methyl/N-ethyl adjacent to an activating group) is 1. The Bertz CT molecular complexity index is 1380. The number of aromatic nitrogens is 1. The molecule has 1 aromatic heterocycles. The number of rotatable bonds is 5. The van der Waals surface area contributed by atoms with E-state index in [0.29, 0.717) is 36.2 Å². The Labute approximate surface area is 194 Å². The molecule has 1 unspecified atom stereocenters. The van der Waals surface area contributed by atoms with E-state index in [9.17, 15) is 19.5 Å². The summed E-state index contributed by atoms with van der Waals surface area (Å²) in [7, 11) is 1.80. The van der Waals surface area contributed by atoms with Gasteiger partial charge in [0.25, 0.3) is 0 Å². The summed E-state index contributed by atoms with van der Waals surface area (Å²) in [5, 5.41) is 12.3. The number of amides is 1. The van der Waals surface area contributed by atoms with E-state index in [1.807, 2.05) is 42.2 Å². The zero-order valence-corrected chi connectivity index (χ0v) is 18.8. The van der Waals surface area contributed by atoms with E-state index in [0.717, 1.165) is 11.6 Å². The number of aromatic carboxylic acids is 1. The summed E-state index contributed by atoms with van der Waals surface area (Å²) in [6.07, 6.45) is 1.71. The highest BCUT2D eigenvalue weighted by Gasteiger charge is 2.51. The lowest BCUT2D eigenvalue weighted by atomic mass is 9.94. The molecule has 1 aliphatic heterocycles. The fourth-order valence-electron chi connectivity index (χ4n) is 4.89. The van der Waals surface area contributed by atoms with Crippen LogP contribution in [0.1, 0.15) is 47.3 Å². The van der Waals surface area contributed by atoms with Crippen molar-refractivity contribution < 1.29 is 23.8 Å². The van der Waals surface area contributed by atoms with Gasteiger partial charge in [-0.1, -0.05) is 30.3 Å². The second kappa shape index (κ2) is 7.86. The number of nitrogens with one attached hydrogen (secondary N) is 1. The lowest BCUT2D eigenvalue weighted by Gasteiger charge is -2.37. The second-order valence-electron chi connectivity index (χ2n) is 9.06. The van der Waals surface area contributed by atoms with Crippen LogP contribution >= 0.6 is 0 Å². The average molecular weight is 465 g/mol. The quantitative estimate of drug-likeness (QED) is 0.595. The maximum atomic E-state index is 15.6. The maximum Gasteiger partial charge on any atom is 0.408 e. The van der Waals surface area contributed by atoms with Gasteiger partial charge in [0.15, 0.2) is 0 Å². The van der Waals surface area contributed by atoms with E-state index in [1.165, 1.54) is 6.20 Å². The first-order valence-corrected chi connectivity index (χ1v) is 11.1. The zero-order chi connectivity index (χ0) is 24.2. The fraction of sp³-hybridized carbons (Fsp3) is 0.320. The topological polar surface area (TPSA) is 101 Å². The molecular formula is C25H24FN3O5. The predicted molar refractivity (Wildman–Crippen MR) is 124 cm³/mol. The van der Waals surface area contributed by atoms with Gasteiger partial charge in [0.2, 0.25) is 5.43 Å². The maximum absolute atomic E-state index is 15.6. The van der Waals surface area contributed by atoms with Crippen LogP contribution in [0.3, 0.4) is 0 Å². The minimum absolute atomic E-state index is 0.0111. The van der Waals surface area contributed by atoms with Crippen molar-refractivity contribution in [3.63, 3.8) is 0 Å². The number of carboxylic acid groups (broad SMARTS) is 1. The Hall–Kier alpha value is -3.88. The number of nitrogens with zero attached hydrogens (tertiary/aromatic N) is 2. The molecule has 0 bridgehead atoms. The molecule has 0 spiro atoms. The molecule has 1 saturated carbocycles. The second-order valence-corrected chi connectivity index (χ2v) is 9.06. The van der Waals surface area contributed by atoms with E-state index in [1.54, 1.807) is 11.6 Å². The van der Waals surface area contributed by atoms with Gasteiger partial charge in [0, 0.05) is 31.4 Å². The molecule has 3 aromatic rings. The number of halogens is 1. The molecule has 1 atom stereocenters. The van der Waals surface area contributed by atoms with Gasteiger partial charge in [-0.3, -0.25) is 4.79 Å². The molecule has 2 aromatic carbocycles. The lowest BCUT2D eigenvalue weighted by Crippen LogP contribution is -2.40. The number of hydrogen-bond donors (Lipinski definition) is 2. The van der Waals surface area contributed by atoms with Crippen molar-refractivity contribution in [1.82, 2.24) is 9.88 Å². The molecule has 8 nitrogen and oxygen atoms in total. The molecule has 2 N–H and O–H groups in total. The van der Waals surface area contributed by atoms with E-state index in [-0.39, 0.29) is 18.0 Å². The van der Waals surface area contributed by atoms with Gasteiger partial charge in [-0.05, 0) is 31.4 Å². The number of ether oxygens (including phenoxy) is 1. The molecule has 2 aliphatic rings. The smallest absolute Gasteiger partial charge is 0.408 e. The van der Waals surface area contributed by atoms with E-state index < -0.39 is 34.4 Å². The minimum atomic E-state index is -1.35. The van der Waals surface area contributed by atoms with Crippen molar-refractivity contribution >= 4 is 28.7 Å². The van der Waals surface area contributed by atoms with Crippen LogP contribution in [0.15, 0.2) is 47.4 Å². The molecule has 1 amide bonds. The Morgan fingerprint density at radius 1 is 1.26 bits per heavy atom. The van der Waals surface area contributed by atoms with E-state index in [4.69, 9.17) is 4.74 Å². The summed E-state index contributed by atoms with van der Waals surface area (Å²) in [4.78, 5) is 39.0. The van der Waals surface area contributed by atoms with Crippen LogP contribution in [0.5, 0.6) is 0 Å². The van der Waals surface area contributed by atoms with Crippen LogP contribution in [-0.2, 0) is 16.9 Å². The van der Waals surface area contributed by atoms with Gasteiger partial charge >= 0.3 is 12.1 Å². The average Bonchev–Trinajstić information content (AvgIpc) is 3.57. The van der Waals surface area contributed by atoms with Gasteiger partial charge in [-0.15, -0.1) is 0 Å². The number of carbonyl (C=O) groups is 2. The first-order chi connectivity index (χ1) is 16.2.